The zero-order valence-corrected chi connectivity index (χ0v) is 17.2. The summed E-state index contributed by atoms with van der Waals surface area (Å²) < 4.78 is 57.2. The minimum Gasteiger partial charge on any atom is -0.492 e. The summed E-state index contributed by atoms with van der Waals surface area (Å²) in [6.07, 6.45) is 0. The van der Waals surface area contributed by atoms with Crippen LogP contribution < -0.4 is 9.46 Å². The molecule has 2 aromatic carbocycles. The van der Waals surface area contributed by atoms with E-state index in [0.717, 1.165) is 9.87 Å². The number of hydrogen-bond acceptors (Lipinski definition) is 5. The molecule has 0 saturated carbocycles. The van der Waals surface area contributed by atoms with Crippen LogP contribution in [0, 0.1) is 6.92 Å². The van der Waals surface area contributed by atoms with Gasteiger partial charge in [0.15, 0.2) is 0 Å². The van der Waals surface area contributed by atoms with Crippen LogP contribution in [0.2, 0.25) is 0 Å². The molecule has 7 nitrogen and oxygen atoms in total. The predicted octanol–water partition coefficient (Wildman–Crippen LogP) is 1.74. The van der Waals surface area contributed by atoms with Crippen molar-refractivity contribution < 1.29 is 21.6 Å². The lowest BCUT2D eigenvalue weighted by Gasteiger charge is -2.12. The van der Waals surface area contributed by atoms with Crippen molar-refractivity contribution in [3.8, 4) is 5.75 Å². The maximum atomic E-state index is 12.1. The van der Waals surface area contributed by atoms with Crippen molar-refractivity contribution in [2.45, 2.75) is 17.6 Å². The van der Waals surface area contributed by atoms with Gasteiger partial charge < -0.3 is 4.74 Å². The molecule has 0 spiro atoms. The summed E-state index contributed by atoms with van der Waals surface area (Å²) in [5.74, 6) is 0.370. The van der Waals surface area contributed by atoms with E-state index in [2.05, 4.69) is 4.72 Å². The minimum absolute atomic E-state index is 0.0929. The van der Waals surface area contributed by atoms with Crippen molar-refractivity contribution in [3.05, 3.63) is 59.7 Å². The first kappa shape index (κ1) is 21.4. The Morgan fingerprint density at radius 3 is 2.07 bits per heavy atom. The van der Waals surface area contributed by atoms with E-state index in [4.69, 9.17) is 4.74 Å². The van der Waals surface area contributed by atoms with Crippen LogP contribution in [0.25, 0.3) is 0 Å². The highest BCUT2D eigenvalue weighted by atomic mass is 32.2. The van der Waals surface area contributed by atoms with Crippen molar-refractivity contribution in [1.82, 2.24) is 9.03 Å². The van der Waals surface area contributed by atoms with E-state index >= 15 is 0 Å². The molecule has 0 fully saturated rings. The molecule has 0 aromatic heterocycles. The second kappa shape index (κ2) is 8.83. The molecule has 0 heterocycles. The summed E-state index contributed by atoms with van der Waals surface area (Å²) in [5, 5.41) is 0. The van der Waals surface area contributed by atoms with E-state index in [9.17, 15) is 16.8 Å². The molecule has 0 radical (unpaired) electrons. The van der Waals surface area contributed by atoms with Gasteiger partial charge in [-0.2, -0.15) is 0 Å². The molecule has 1 N–H and O–H groups in total. The highest BCUT2D eigenvalue weighted by molar-refractivity contribution is 7.89. The number of nitrogens with one attached hydrogen (secondary N) is 1. The van der Waals surface area contributed by atoms with E-state index in [1.165, 1.54) is 38.4 Å². The van der Waals surface area contributed by atoms with Crippen LogP contribution in [0.4, 0.5) is 0 Å². The number of rotatable bonds is 9. The van der Waals surface area contributed by atoms with Gasteiger partial charge in [-0.05, 0) is 36.8 Å². The van der Waals surface area contributed by atoms with Crippen molar-refractivity contribution >= 4 is 20.0 Å². The van der Waals surface area contributed by atoms with Crippen LogP contribution in [0.5, 0.6) is 5.75 Å². The number of benzene rings is 2. The lowest BCUT2D eigenvalue weighted by Crippen LogP contribution is -2.29. The minimum atomic E-state index is -3.48. The van der Waals surface area contributed by atoms with Gasteiger partial charge in [-0.1, -0.05) is 29.8 Å². The molecule has 0 aliphatic heterocycles. The SMILES string of the molecule is Cc1ccc(CS(=O)(=O)NCCOc2ccc(S(=O)(=O)N(C)C)cc2)cc1. The topological polar surface area (TPSA) is 92.8 Å². The maximum Gasteiger partial charge on any atom is 0.242 e. The van der Waals surface area contributed by atoms with Crippen LogP contribution in [0.3, 0.4) is 0 Å². The summed E-state index contributed by atoms with van der Waals surface area (Å²) in [7, 11) is -4.02. The molecule has 148 valence electrons. The first-order valence-electron chi connectivity index (χ1n) is 8.28. The molecular formula is C18H24N2O5S2. The Hall–Kier alpha value is -1.94. The Kier molecular flexibility index (Phi) is 6.99. The number of hydrogen-bond donors (Lipinski definition) is 1. The van der Waals surface area contributed by atoms with E-state index in [1.54, 1.807) is 12.1 Å². The van der Waals surface area contributed by atoms with Gasteiger partial charge in [0.1, 0.15) is 12.4 Å². The van der Waals surface area contributed by atoms with Gasteiger partial charge in [0.05, 0.1) is 10.6 Å². The molecule has 0 aliphatic rings. The molecule has 0 aliphatic carbocycles. The third-order valence-corrected chi connectivity index (χ3v) is 6.96. The van der Waals surface area contributed by atoms with Gasteiger partial charge in [0.25, 0.3) is 0 Å². The van der Waals surface area contributed by atoms with Crippen molar-refractivity contribution in [2.75, 3.05) is 27.2 Å². The average Bonchev–Trinajstić information content (AvgIpc) is 2.61. The summed E-state index contributed by atoms with van der Waals surface area (Å²) in [6, 6.07) is 13.3. The van der Waals surface area contributed by atoms with Gasteiger partial charge in [0.2, 0.25) is 20.0 Å². The molecule has 0 amide bonds. The Morgan fingerprint density at radius 1 is 0.926 bits per heavy atom. The third-order valence-electron chi connectivity index (χ3n) is 3.77. The molecule has 9 heteroatoms. The van der Waals surface area contributed by atoms with Crippen LogP contribution >= 0.6 is 0 Å². The standard InChI is InChI=1S/C18H24N2O5S2/c1-15-4-6-16(7-5-15)14-26(21,22)19-12-13-25-17-8-10-18(11-9-17)27(23,24)20(2)3/h4-11,19H,12-14H2,1-3H3. The summed E-state index contributed by atoms with van der Waals surface area (Å²) in [6.45, 7) is 2.19. The monoisotopic (exact) mass is 412 g/mol. The van der Waals surface area contributed by atoms with Crippen molar-refractivity contribution in [2.24, 2.45) is 0 Å². The lowest BCUT2D eigenvalue weighted by atomic mass is 10.2. The number of ether oxygens (including phenoxy) is 1. The fourth-order valence-electron chi connectivity index (χ4n) is 2.24. The van der Waals surface area contributed by atoms with Crippen LogP contribution in [-0.2, 0) is 25.8 Å². The Morgan fingerprint density at radius 2 is 1.52 bits per heavy atom. The van der Waals surface area contributed by atoms with Crippen LogP contribution in [0.1, 0.15) is 11.1 Å². The number of aryl methyl sites for hydroxylation is 1. The highest BCUT2D eigenvalue weighted by Crippen LogP contribution is 2.18. The first-order chi connectivity index (χ1) is 12.6. The second-order valence-electron chi connectivity index (χ2n) is 6.25. The molecule has 2 rings (SSSR count). The largest absolute Gasteiger partial charge is 0.492 e. The Bertz CT molecular complexity index is 952. The normalized spacial score (nSPS) is 12.3. The van der Waals surface area contributed by atoms with E-state index in [1.807, 2.05) is 19.1 Å². The van der Waals surface area contributed by atoms with Gasteiger partial charge >= 0.3 is 0 Å². The molecule has 0 atom stereocenters. The quantitative estimate of drug-likeness (QED) is 0.634. The summed E-state index contributed by atoms with van der Waals surface area (Å²) >= 11 is 0. The zero-order valence-electron chi connectivity index (χ0n) is 15.5. The molecule has 0 unspecified atom stereocenters. The number of sulfonamides is 2. The zero-order chi connectivity index (χ0) is 20.1. The molecule has 27 heavy (non-hydrogen) atoms. The Labute approximate surface area is 161 Å². The van der Waals surface area contributed by atoms with Gasteiger partial charge in [-0.15, -0.1) is 0 Å². The smallest absolute Gasteiger partial charge is 0.242 e. The van der Waals surface area contributed by atoms with Crippen molar-refractivity contribution in [1.29, 1.82) is 0 Å². The van der Waals surface area contributed by atoms with Gasteiger partial charge in [0, 0.05) is 20.6 Å². The molecule has 2 aromatic rings. The summed E-state index contributed by atoms with van der Waals surface area (Å²) in [5.41, 5.74) is 1.79. The average molecular weight is 413 g/mol. The summed E-state index contributed by atoms with van der Waals surface area (Å²) in [4.78, 5) is 0.165. The van der Waals surface area contributed by atoms with Crippen LogP contribution in [0.15, 0.2) is 53.4 Å². The first-order valence-corrected chi connectivity index (χ1v) is 11.4. The fraction of sp³-hybridized carbons (Fsp3) is 0.333. The molecule has 0 saturated heterocycles. The van der Waals surface area contributed by atoms with E-state index in [-0.39, 0.29) is 23.8 Å². The fourth-order valence-corrected chi connectivity index (χ4v) is 4.27. The second-order valence-corrected chi connectivity index (χ2v) is 10.2. The Balaban J connectivity index is 1.83. The number of nitrogens with zero attached hydrogens (tertiary/aromatic N) is 1. The van der Waals surface area contributed by atoms with E-state index in [0.29, 0.717) is 11.3 Å². The third kappa shape index (κ3) is 6.31. The maximum absolute atomic E-state index is 12.1. The molecular weight excluding hydrogens is 388 g/mol. The van der Waals surface area contributed by atoms with Crippen LogP contribution in [-0.4, -0.2) is 48.4 Å². The van der Waals surface area contributed by atoms with E-state index < -0.39 is 20.0 Å². The van der Waals surface area contributed by atoms with Gasteiger partial charge in [-0.3, -0.25) is 0 Å². The highest BCUT2D eigenvalue weighted by Gasteiger charge is 2.16. The predicted molar refractivity (Wildman–Crippen MR) is 105 cm³/mol. The van der Waals surface area contributed by atoms with Gasteiger partial charge in [-0.25, -0.2) is 25.9 Å². The molecule has 0 bridgehead atoms. The van der Waals surface area contributed by atoms with Crippen molar-refractivity contribution in [3.63, 3.8) is 0 Å². The lowest BCUT2D eigenvalue weighted by molar-refractivity contribution is 0.322.